The van der Waals surface area contributed by atoms with Gasteiger partial charge in [0.2, 0.25) is 0 Å². The maximum Gasteiger partial charge on any atom is 0.344 e. The minimum Gasteiger partial charge on any atom is -0.456 e. The van der Waals surface area contributed by atoms with Gasteiger partial charge >= 0.3 is 5.97 Å². The molecule has 0 radical (unpaired) electrons. The van der Waals surface area contributed by atoms with Crippen LogP contribution in [0.15, 0.2) is 42.5 Å². The van der Waals surface area contributed by atoms with Crippen molar-refractivity contribution in [3.05, 3.63) is 58.1 Å². The molecule has 2 aromatic carbocycles. The molecule has 0 aliphatic carbocycles. The summed E-state index contributed by atoms with van der Waals surface area (Å²) < 4.78 is 12.1. The molecule has 2 heterocycles. The molecular weight excluding hydrogens is 427 g/mol. The fraction of sp³-hybridized carbons (Fsp3) is 0.190. The van der Waals surface area contributed by atoms with Gasteiger partial charge in [0.1, 0.15) is 23.0 Å². The number of ether oxygens (including phenoxy) is 2. The SMILES string of the molecule is COCC(C)OC(=O)c1c(N)n(-c2cc(Cl)cc(Cl)c2)c2nc3ccccc3nc12. The van der Waals surface area contributed by atoms with Crippen molar-refractivity contribution in [1.29, 1.82) is 0 Å². The second-order valence-corrected chi connectivity index (χ2v) is 7.65. The lowest BCUT2D eigenvalue weighted by molar-refractivity contribution is 0.0123. The Labute approximate surface area is 182 Å². The van der Waals surface area contributed by atoms with Crippen LogP contribution in [0.2, 0.25) is 10.0 Å². The molecule has 4 aromatic rings. The number of anilines is 1. The number of aromatic nitrogens is 3. The molecule has 0 aliphatic heterocycles. The van der Waals surface area contributed by atoms with Gasteiger partial charge < -0.3 is 15.2 Å². The first-order chi connectivity index (χ1) is 14.4. The topological polar surface area (TPSA) is 92.3 Å². The van der Waals surface area contributed by atoms with E-state index in [1.165, 1.54) is 7.11 Å². The van der Waals surface area contributed by atoms with E-state index in [0.29, 0.717) is 37.9 Å². The van der Waals surface area contributed by atoms with E-state index >= 15 is 0 Å². The highest BCUT2D eigenvalue weighted by Crippen LogP contribution is 2.33. The summed E-state index contributed by atoms with van der Waals surface area (Å²) in [5, 5.41) is 0.843. The van der Waals surface area contributed by atoms with Gasteiger partial charge in [-0.15, -0.1) is 0 Å². The highest BCUT2D eigenvalue weighted by atomic mass is 35.5. The number of benzene rings is 2. The van der Waals surface area contributed by atoms with Crippen molar-refractivity contribution in [3.63, 3.8) is 0 Å². The first kappa shape index (κ1) is 20.4. The summed E-state index contributed by atoms with van der Waals surface area (Å²) in [4.78, 5) is 22.3. The standard InChI is InChI=1S/C21H18Cl2N4O3/c1-11(10-29-2)30-21(28)17-18-20(26-16-6-4-3-5-15(16)25-18)27(19(17)24)14-8-12(22)7-13(23)9-14/h3-9,11H,10,24H2,1-2H3. The van der Waals surface area contributed by atoms with Crippen LogP contribution < -0.4 is 5.73 Å². The lowest BCUT2D eigenvalue weighted by atomic mass is 10.2. The van der Waals surface area contributed by atoms with Gasteiger partial charge in [0.25, 0.3) is 0 Å². The van der Waals surface area contributed by atoms with Crippen molar-refractivity contribution < 1.29 is 14.3 Å². The average molecular weight is 445 g/mol. The molecule has 0 saturated heterocycles. The minimum atomic E-state index is -0.612. The van der Waals surface area contributed by atoms with Crippen molar-refractivity contribution in [2.75, 3.05) is 19.5 Å². The number of nitrogens with two attached hydrogens (primary N) is 1. The summed E-state index contributed by atoms with van der Waals surface area (Å²) in [6.07, 6.45) is -0.464. The van der Waals surface area contributed by atoms with E-state index in [4.69, 9.17) is 43.4 Å². The number of hydrogen-bond donors (Lipinski definition) is 1. The van der Waals surface area contributed by atoms with Gasteiger partial charge in [-0.05, 0) is 37.3 Å². The predicted molar refractivity (Wildman–Crippen MR) is 118 cm³/mol. The molecule has 2 aromatic heterocycles. The van der Waals surface area contributed by atoms with Crippen molar-refractivity contribution in [1.82, 2.24) is 14.5 Å². The molecule has 1 unspecified atom stereocenters. The van der Waals surface area contributed by atoms with Crippen LogP contribution in [-0.2, 0) is 9.47 Å². The van der Waals surface area contributed by atoms with E-state index in [0.717, 1.165) is 0 Å². The lowest BCUT2D eigenvalue weighted by Gasteiger charge is -2.12. The van der Waals surface area contributed by atoms with E-state index in [-0.39, 0.29) is 18.0 Å². The van der Waals surface area contributed by atoms with Crippen molar-refractivity contribution in [3.8, 4) is 5.69 Å². The molecule has 0 saturated carbocycles. The molecule has 0 spiro atoms. The number of nitrogens with zero attached hydrogens (tertiary/aromatic N) is 3. The Morgan fingerprint density at radius 3 is 2.40 bits per heavy atom. The van der Waals surface area contributed by atoms with Crippen LogP contribution in [0.25, 0.3) is 27.9 Å². The van der Waals surface area contributed by atoms with Crippen LogP contribution >= 0.6 is 23.2 Å². The highest BCUT2D eigenvalue weighted by Gasteiger charge is 2.27. The third-order valence-electron chi connectivity index (χ3n) is 4.52. The summed E-state index contributed by atoms with van der Waals surface area (Å²) >= 11 is 12.4. The first-order valence-corrected chi connectivity index (χ1v) is 9.87. The number of nitrogen functional groups attached to an aromatic ring is 1. The number of esters is 1. The number of methoxy groups -OCH3 is 1. The third-order valence-corrected chi connectivity index (χ3v) is 4.95. The van der Waals surface area contributed by atoms with Crippen molar-refractivity contribution in [2.45, 2.75) is 13.0 Å². The maximum absolute atomic E-state index is 13.0. The van der Waals surface area contributed by atoms with Gasteiger partial charge in [0.15, 0.2) is 5.65 Å². The van der Waals surface area contributed by atoms with Crippen LogP contribution in [0.1, 0.15) is 17.3 Å². The number of carbonyl (C=O) groups is 1. The Morgan fingerprint density at radius 1 is 1.13 bits per heavy atom. The molecular formula is C21H18Cl2N4O3. The molecule has 2 N–H and O–H groups in total. The smallest absolute Gasteiger partial charge is 0.344 e. The number of hydrogen-bond acceptors (Lipinski definition) is 6. The first-order valence-electron chi connectivity index (χ1n) is 9.12. The zero-order valence-corrected chi connectivity index (χ0v) is 17.7. The average Bonchev–Trinajstić information content (AvgIpc) is 2.96. The maximum atomic E-state index is 13.0. The molecule has 7 nitrogen and oxygen atoms in total. The largest absolute Gasteiger partial charge is 0.456 e. The molecule has 0 fully saturated rings. The van der Waals surface area contributed by atoms with E-state index < -0.39 is 12.1 Å². The molecule has 4 rings (SSSR count). The zero-order chi connectivity index (χ0) is 21.4. The number of halogens is 2. The molecule has 0 bridgehead atoms. The van der Waals surface area contributed by atoms with Gasteiger partial charge in [-0.2, -0.15) is 0 Å². The Kier molecular flexibility index (Phi) is 5.51. The van der Waals surface area contributed by atoms with Gasteiger partial charge in [0, 0.05) is 17.2 Å². The van der Waals surface area contributed by atoms with Gasteiger partial charge in [-0.3, -0.25) is 4.57 Å². The Balaban J connectivity index is 2.00. The fourth-order valence-electron chi connectivity index (χ4n) is 3.30. The number of carbonyl (C=O) groups excluding carboxylic acids is 1. The van der Waals surface area contributed by atoms with Gasteiger partial charge in [-0.1, -0.05) is 35.3 Å². The third kappa shape index (κ3) is 3.67. The molecule has 0 aliphatic rings. The fourth-order valence-corrected chi connectivity index (χ4v) is 3.82. The van der Waals surface area contributed by atoms with E-state index in [1.807, 2.05) is 24.3 Å². The highest BCUT2D eigenvalue weighted by molar-refractivity contribution is 6.35. The minimum absolute atomic E-state index is 0.127. The second kappa shape index (κ2) is 8.10. The van der Waals surface area contributed by atoms with E-state index in [2.05, 4.69) is 4.98 Å². The molecule has 154 valence electrons. The Morgan fingerprint density at radius 2 is 1.77 bits per heavy atom. The van der Waals surface area contributed by atoms with Crippen LogP contribution in [-0.4, -0.2) is 40.3 Å². The monoisotopic (exact) mass is 444 g/mol. The second-order valence-electron chi connectivity index (χ2n) is 6.78. The van der Waals surface area contributed by atoms with E-state index in [9.17, 15) is 4.79 Å². The molecule has 1 atom stereocenters. The molecule has 30 heavy (non-hydrogen) atoms. The van der Waals surface area contributed by atoms with Crippen molar-refractivity contribution >= 4 is 57.2 Å². The van der Waals surface area contributed by atoms with E-state index in [1.54, 1.807) is 29.7 Å². The van der Waals surface area contributed by atoms with Crippen LogP contribution in [0.5, 0.6) is 0 Å². The summed E-state index contributed by atoms with van der Waals surface area (Å²) in [5.41, 5.74) is 9.13. The molecule has 0 amide bonds. The molecule has 9 heteroatoms. The predicted octanol–water partition coefficient (Wildman–Crippen LogP) is 4.65. The van der Waals surface area contributed by atoms with Crippen molar-refractivity contribution in [2.24, 2.45) is 0 Å². The Hall–Kier alpha value is -2.87. The van der Waals surface area contributed by atoms with Gasteiger partial charge in [-0.25, -0.2) is 14.8 Å². The number of para-hydroxylation sites is 2. The number of fused-ring (bicyclic) bond motifs is 2. The summed E-state index contributed by atoms with van der Waals surface area (Å²) in [5.74, 6) is -0.480. The normalized spacial score (nSPS) is 12.4. The summed E-state index contributed by atoms with van der Waals surface area (Å²) in [7, 11) is 1.53. The summed E-state index contributed by atoms with van der Waals surface area (Å²) in [6.45, 7) is 1.98. The summed E-state index contributed by atoms with van der Waals surface area (Å²) in [6, 6.07) is 12.3. The van der Waals surface area contributed by atoms with Crippen LogP contribution in [0, 0.1) is 0 Å². The quantitative estimate of drug-likeness (QED) is 0.450. The van der Waals surface area contributed by atoms with Crippen LogP contribution in [0.3, 0.4) is 0 Å². The zero-order valence-electron chi connectivity index (χ0n) is 16.2. The van der Waals surface area contributed by atoms with Crippen LogP contribution in [0.4, 0.5) is 5.82 Å². The Bertz CT molecular complexity index is 1250. The van der Waals surface area contributed by atoms with Gasteiger partial charge in [0.05, 0.1) is 23.3 Å². The number of rotatable bonds is 5. The lowest BCUT2D eigenvalue weighted by Crippen LogP contribution is -2.20.